The Balaban J connectivity index is 2.03. The monoisotopic (exact) mass is 269 g/mol. The van der Waals surface area contributed by atoms with Crippen LogP contribution in [-0.4, -0.2) is 32.4 Å². The van der Waals surface area contributed by atoms with Crippen molar-refractivity contribution in [1.29, 1.82) is 0 Å². The van der Waals surface area contributed by atoms with Gasteiger partial charge in [-0.3, -0.25) is 4.57 Å². The second-order valence-electron chi connectivity index (χ2n) is 3.96. The number of imidazole rings is 1. The zero-order valence-electron chi connectivity index (χ0n) is 9.71. The number of nitrogens with zero attached hydrogens (tertiary/aromatic N) is 4. The quantitative estimate of drug-likeness (QED) is 0.828. The van der Waals surface area contributed by atoms with Crippen molar-refractivity contribution in [2.24, 2.45) is 0 Å². The van der Waals surface area contributed by atoms with Gasteiger partial charge >= 0.3 is 0 Å². The van der Waals surface area contributed by atoms with Crippen LogP contribution in [0, 0.1) is 0 Å². The highest BCUT2D eigenvalue weighted by Crippen LogP contribution is 2.27. The first-order valence-corrected chi connectivity index (χ1v) is 5.99. The first kappa shape index (κ1) is 11.6. The molecule has 1 fully saturated rings. The van der Waals surface area contributed by atoms with Gasteiger partial charge in [0.1, 0.15) is 5.52 Å². The van der Waals surface area contributed by atoms with Crippen molar-refractivity contribution in [2.45, 2.75) is 25.9 Å². The maximum atomic E-state index is 5.96. The summed E-state index contributed by atoms with van der Waals surface area (Å²) in [5, 5.41) is 0.238. The number of rotatable bonds is 2. The van der Waals surface area contributed by atoms with Crippen molar-refractivity contribution >= 4 is 28.7 Å². The van der Waals surface area contributed by atoms with Gasteiger partial charge in [-0.1, -0.05) is 18.5 Å². The fraction of sp³-hybridized carbons (Fsp3) is 0.500. The molecule has 7 nitrogen and oxygen atoms in total. The minimum Gasteiger partial charge on any atom is -0.368 e. The lowest BCUT2D eigenvalue weighted by atomic mass is 10.5. The topological polar surface area (TPSA) is 88.1 Å². The highest BCUT2D eigenvalue weighted by molar-refractivity contribution is 6.33. The van der Waals surface area contributed by atoms with Crippen molar-refractivity contribution in [3.63, 3.8) is 0 Å². The molecule has 96 valence electrons. The smallest absolute Gasteiger partial charge is 0.223 e. The van der Waals surface area contributed by atoms with Crippen molar-refractivity contribution in [3.8, 4) is 0 Å². The number of aromatic nitrogens is 4. The molecule has 0 bridgehead atoms. The summed E-state index contributed by atoms with van der Waals surface area (Å²) in [5.41, 5.74) is 6.65. The zero-order chi connectivity index (χ0) is 12.7. The third kappa shape index (κ3) is 1.80. The summed E-state index contributed by atoms with van der Waals surface area (Å²) in [6.45, 7) is 2.45. The lowest BCUT2D eigenvalue weighted by molar-refractivity contribution is -0.0715. The van der Waals surface area contributed by atoms with Gasteiger partial charge in [0.2, 0.25) is 5.95 Å². The van der Waals surface area contributed by atoms with Gasteiger partial charge in [0.05, 0.1) is 12.9 Å². The number of ether oxygens (including phenoxy) is 2. The summed E-state index contributed by atoms with van der Waals surface area (Å²) in [5.74, 6) is 0.111. The van der Waals surface area contributed by atoms with Crippen molar-refractivity contribution in [1.82, 2.24) is 19.5 Å². The predicted octanol–water partition coefficient (Wildman–Crippen LogP) is 1.34. The Morgan fingerprint density at radius 3 is 3.11 bits per heavy atom. The van der Waals surface area contributed by atoms with Gasteiger partial charge < -0.3 is 15.2 Å². The summed E-state index contributed by atoms with van der Waals surface area (Å²) in [6.07, 6.45) is 1.95. The Kier molecular flexibility index (Phi) is 2.81. The average molecular weight is 270 g/mol. The molecule has 2 atom stereocenters. The van der Waals surface area contributed by atoms with Gasteiger partial charge in [0.15, 0.2) is 23.3 Å². The fourth-order valence-electron chi connectivity index (χ4n) is 1.91. The van der Waals surface area contributed by atoms with Crippen molar-refractivity contribution in [2.75, 3.05) is 12.3 Å². The number of fused-ring (bicyclic) bond motifs is 1. The lowest BCUT2D eigenvalue weighted by Crippen LogP contribution is -2.12. The molecule has 2 aromatic heterocycles. The fourth-order valence-corrected chi connectivity index (χ4v) is 2.13. The summed E-state index contributed by atoms with van der Waals surface area (Å²) in [4.78, 5) is 12.2. The highest BCUT2D eigenvalue weighted by Gasteiger charge is 2.28. The van der Waals surface area contributed by atoms with Gasteiger partial charge in [-0.2, -0.15) is 9.97 Å². The largest absolute Gasteiger partial charge is 0.368 e. The van der Waals surface area contributed by atoms with Crippen LogP contribution < -0.4 is 5.73 Å². The Morgan fingerprint density at radius 1 is 1.56 bits per heavy atom. The van der Waals surface area contributed by atoms with Gasteiger partial charge in [-0.25, -0.2) is 4.98 Å². The maximum Gasteiger partial charge on any atom is 0.223 e. The first-order chi connectivity index (χ1) is 8.69. The van der Waals surface area contributed by atoms with E-state index in [4.69, 9.17) is 26.8 Å². The lowest BCUT2D eigenvalue weighted by Gasteiger charge is -2.11. The number of halogens is 1. The van der Waals surface area contributed by atoms with Crippen LogP contribution >= 0.6 is 11.6 Å². The van der Waals surface area contributed by atoms with Crippen LogP contribution in [0.1, 0.15) is 19.6 Å². The van der Waals surface area contributed by atoms with E-state index in [1.54, 1.807) is 10.9 Å². The van der Waals surface area contributed by atoms with Gasteiger partial charge in [-0.15, -0.1) is 0 Å². The molecule has 3 rings (SSSR count). The van der Waals surface area contributed by atoms with Gasteiger partial charge in [0.25, 0.3) is 0 Å². The van der Waals surface area contributed by atoms with E-state index in [1.807, 2.05) is 6.92 Å². The van der Waals surface area contributed by atoms with Crippen LogP contribution in [0.15, 0.2) is 6.33 Å². The predicted molar refractivity (Wildman–Crippen MR) is 64.9 cm³/mol. The zero-order valence-corrected chi connectivity index (χ0v) is 10.5. The molecule has 0 aliphatic carbocycles. The van der Waals surface area contributed by atoms with Crippen LogP contribution in [0.4, 0.5) is 5.95 Å². The molecule has 2 aromatic rings. The van der Waals surface area contributed by atoms with Gasteiger partial charge in [-0.05, 0) is 6.42 Å². The second kappa shape index (κ2) is 4.34. The van der Waals surface area contributed by atoms with Crippen molar-refractivity contribution < 1.29 is 9.47 Å². The number of hydrogen-bond acceptors (Lipinski definition) is 6. The molecule has 0 radical (unpaired) electrons. The van der Waals surface area contributed by atoms with Crippen LogP contribution in [0.25, 0.3) is 11.2 Å². The third-order valence-corrected chi connectivity index (χ3v) is 3.04. The van der Waals surface area contributed by atoms with Gasteiger partial charge in [0, 0.05) is 0 Å². The summed E-state index contributed by atoms with van der Waals surface area (Å²) in [7, 11) is 0. The second-order valence-corrected chi connectivity index (χ2v) is 4.32. The first-order valence-electron chi connectivity index (χ1n) is 5.61. The minimum atomic E-state index is -0.259. The van der Waals surface area contributed by atoms with Crippen LogP contribution in [-0.2, 0) is 9.47 Å². The summed E-state index contributed by atoms with van der Waals surface area (Å²) >= 11 is 5.96. The molecule has 0 saturated carbocycles. The molecule has 2 N–H and O–H groups in total. The SMILES string of the molecule is CC[C@@H]1OC[C@@H](n2cnc3c(Cl)nc(N)nc32)O1. The van der Waals surface area contributed by atoms with Crippen molar-refractivity contribution in [3.05, 3.63) is 11.5 Å². The molecule has 1 saturated heterocycles. The average Bonchev–Trinajstić information content (AvgIpc) is 2.93. The number of nitrogen functional groups attached to an aromatic ring is 1. The Bertz CT molecular complexity index is 587. The molecule has 18 heavy (non-hydrogen) atoms. The summed E-state index contributed by atoms with van der Waals surface area (Å²) in [6, 6.07) is 0. The molecular weight excluding hydrogens is 258 g/mol. The normalized spacial score (nSPS) is 23.9. The van der Waals surface area contributed by atoms with E-state index < -0.39 is 0 Å². The van der Waals surface area contributed by atoms with E-state index >= 15 is 0 Å². The number of nitrogens with two attached hydrogens (primary N) is 1. The van der Waals surface area contributed by atoms with E-state index in [0.29, 0.717) is 17.8 Å². The van der Waals surface area contributed by atoms with Crippen LogP contribution in [0.5, 0.6) is 0 Å². The summed E-state index contributed by atoms with van der Waals surface area (Å²) < 4.78 is 12.9. The van der Waals surface area contributed by atoms with E-state index in [1.165, 1.54) is 0 Å². The molecule has 0 unspecified atom stereocenters. The number of hydrogen-bond donors (Lipinski definition) is 1. The van der Waals surface area contributed by atoms with Crippen LogP contribution in [0.3, 0.4) is 0 Å². The molecule has 3 heterocycles. The van der Waals surface area contributed by atoms with Crippen LogP contribution in [0.2, 0.25) is 5.15 Å². The van der Waals surface area contributed by atoms with E-state index in [2.05, 4.69) is 15.0 Å². The molecular formula is C10H12ClN5O2. The van der Waals surface area contributed by atoms with E-state index in [9.17, 15) is 0 Å². The Morgan fingerprint density at radius 2 is 2.39 bits per heavy atom. The standard InChI is InChI=1S/C10H12ClN5O2/c1-2-6-17-3-5(18-6)16-4-13-7-8(11)14-10(12)15-9(7)16/h4-6H,2-3H2,1H3,(H2,12,14,15)/t5-,6+/m0/s1. The molecule has 0 aromatic carbocycles. The highest BCUT2D eigenvalue weighted by atomic mass is 35.5. The molecule has 1 aliphatic rings. The molecule has 1 aliphatic heterocycles. The molecule has 8 heteroatoms. The molecule has 0 spiro atoms. The maximum absolute atomic E-state index is 5.96. The van der Waals surface area contributed by atoms with E-state index in [0.717, 1.165) is 6.42 Å². The molecule has 0 amide bonds. The Labute approximate surface area is 108 Å². The van der Waals surface area contributed by atoms with E-state index in [-0.39, 0.29) is 23.6 Å². The minimum absolute atomic E-state index is 0.111. The Hall–Kier alpha value is -1.44. The number of anilines is 1. The third-order valence-electron chi connectivity index (χ3n) is 2.77.